The molecule has 1 saturated heterocycles. The van der Waals surface area contributed by atoms with Crippen LogP contribution in [0.3, 0.4) is 0 Å². The van der Waals surface area contributed by atoms with E-state index in [4.69, 9.17) is 10.0 Å². The van der Waals surface area contributed by atoms with Crippen LogP contribution in [0.1, 0.15) is 5.56 Å². The molecule has 19 heavy (non-hydrogen) atoms. The molecule has 0 radical (unpaired) electrons. The molecule has 1 fully saturated rings. The molecule has 1 aromatic rings. The van der Waals surface area contributed by atoms with E-state index in [-0.39, 0.29) is 4.90 Å². The molecule has 1 heterocycles. The van der Waals surface area contributed by atoms with Crippen molar-refractivity contribution in [2.75, 3.05) is 7.05 Å². The maximum absolute atomic E-state index is 12.0. The standard InChI is InChI=1S/C11H15N3O4S/c1-7-3-5-8(6-4-7)19(16,17)18-14-10(13-2)9(12)11(14)15/h3-6,9-10,13H,12H2,1-2H3/t9-,10-/m1/s1. The number of rotatable bonds is 4. The van der Waals surface area contributed by atoms with Crippen LogP contribution in [0.5, 0.6) is 0 Å². The van der Waals surface area contributed by atoms with Gasteiger partial charge in [0.15, 0.2) is 0 Å². The van der Waals surface area contributed by atoms with Crippen LogP contribution in [-0.2, 0) is 19.2 Å². The lowest BCUT2D eigenvalue weighted by atomic mass is 10.1. The zero-order valence-corrected chi connectivity index (χ0v) is 11.3. The van der Waals surface area contributed by atoms with Crippen LogP contribution in [0.4, 0.5) is 0 Å². The fourth-order valence-corrected chi connectivity index (χ4v) is 2.65. The van der Waals surface area contributed by atoms with Gasteiger partial charge in [0.05, 0.1) is 4.90 Å². The number of aryl methyl sites for hydroxylation is 1. The summed E-state index contributed by atoms with van der Waals surface area (Å²) < 4.78 is 28.8. The Morgan fingerprint density at radius 1 is 1.32 bits per heavy atom. The number of carbonyl (C=O) groups is 1. The van der Waals surface area contributed by atoms with Gasteiger partial charge in [-0.2, -0.15) is 13.5 Å². The van der Waals surface area contributed by atoms with Crippen LogP contribution in [0.2, 0.25) is 0 Å². The van der Waals surface area contributed by atoms with Gasteiger partial charge in [0.2, 0.25) is 0 Å². The Kier molecular flexibility index (Phi) is 3.59. The fourth-order valence-electron chi connectivity index (χ4n) is 1.72. The van der Waals surface area contributed by atoms with Crippen LogP contribution >= 0.6 is 0 Å². The van der Waals surface area contributed by atoms with Crippen molar-refractivity contribution in [2.24, 2.45) is 5.73 Å². The van der Waals surface area contributed by atoms with Crippen molar-refractivity contribution in [3.8, 4) is 0 Å². The first-order chi connectivity index (χ1) is 8.86. The second kappa shape index (κ2) is 4.89. The van der Waals surface area contributed by atoms with Crippen LogP contribution < -0.4 is 11.1 Å². The van der Waals surface area contributed by atoms with Crippen molar-refractivity contribution >= 4 is 16.0 Å². The number of nitrogens with one attached hydrogen (secondary N) is 1. The summed E-state index contributed by atoms with van der Waals surface area (Å²) in [7, 11) is -2.47. The highest BCUT2D eigenvalue weighted by molar-refractivity contribution is 7.86. The molecule has 0 aromatic heterocycles. The third-order valence-corrected chi connectivity index (χ3v) is 4.09. The molecule has 1 aromatic carbocycles. The third-order valence-electron chi connectivity index (χ3n) is 2.88. The number of amides is 1. The molecule has 1 aliphatic rings. The number of nitrogens with zero attached hydrogens (tertiary/aromatic N) is 1. The van der Waals surface area contributed by atoms with Crippen LogP contribution in [0.15, 0.2) is 29.2 Å². The minimum atomic E-state index is -4.03. The predicted molar refractivity (Wildman–Crippen MR) is 67.1 cm³/mol. The largest absolute Gasteiger partial charge is 0.317 e. The monoisotopic (exact) mass is 285 g/mol. The van der Waals surface area contributed by atoms with Gasteiger partial charge in [0.1, 0.15) is 12.2 Å². The average Bonchev–Trinajstić information content (AvgIpc) is 2.38. The van der Waals surface area contributed by atoms with Gasteiger partial charge in [-0.25, -0.2) is 0 Å². The maximum Gasteiger partial charge on any atom is 0.317 e. The van der Waals surface area contributed by atoms with Crippen LogP contribution in [0, 0.1) is 6.92 Å². The molecule has 7 nitrogen and oxygen atoms in total. The molecular weight excluding hydrogens is 270 g/mol. The summed E-state index contributed by atoms with van der Waals surface area (Å²) in [5.41, 5.74) is 6.44. The molecule has 2 atom stereocenters. The Bertz CT molecular complexity index is 584. The van der Waals surface area contributed by atoms with E-state index in [1.807, 2.05) is 6.92 Å². The highest BCUT2D eigenvalue weighted by Gasteiger charge is 2.48. The first-order valence-corrected chi connectivity index (χ1v) is 7.05. The third kappa shape index (κ3) is 2.47. The van der Waals surface area contributed by atoms with Gasteiger partial charge in [0, 0.05) is 0 Å². The molecule has 8 heteroatoms. The minimum Gasteiger partial charge on any atom is -0.317 e. The Hall–Kier alpha value is -1.48. The number of hydrogen-bond acceptors (Lipinski definition) is 6. The van der Waals surface area contributed by atoms with Crippen molar-refractivity contribution in [1.82, 2.24) is 10.4 Å². The fraction of sp³-hybridized carbons (Fsp3) is 0.364. The lowest BCUT2D eigenvalue weighted by Gasteiger charge is -2.42. The highest BCUT2D eigenvalue weighted by atomic mass is 32.2. The molecule has 1 aliphatic heterocycles. The smallest absolute Gasteiger partial charge is 0.317 e. The average molecular weight is 285 g/mol. The number of hydroxylamine groups is 2. The zero-order chi connectivity index (χ0) is 14.2. The van der Waals surface area contributed by atoms with Gasteiger partial charge in [-0.1, -0.05) is 17.7 Å². The summed E-state index contributed by atoms with van der Waals surface area (Å²) >= 11 is 0. The summed E-state index contributed by atoms with van der Waals surface area (Å²) in [4.78, 5) is 11.5. The number of hydrogen-bond donors (Lipinski definition) is 2. The molecule has 104 valence electrons. The second-order valence-corrected chi connectivity index (χ2v) is 5.79. The summed E-state index contributed by atoms with van der Waals surface area (Å²) in [6.45, 7) is 1.84. The van der Waals surface area contributed by atoms with E-state index in [2.05, 4.69) is 5.32 Å². The normalized spacial score (nSPS) is 23.3. The first kappa shape index (κ1) is 13.9. The number of nitrogens with two attached hydrogens (primary N) is 1. The highest BCUT2D eigenvalue weighted by Crippen LogP contribution is 2.22. The molecule has 1 amide bonds. The Balaban J connectivity index is 2.18. The maximum atomic E-state index is 12.0. The Morgan fingerprint density at radius 3 is 2.42 bits per heavy atom. The van der Waals surface area contributed by atoms with Crippen LogP contribution in [-0.4, -0.2) is 38.6 Å². The zero-order valence-electron chi connectivity index (χ0n) is 10.5. The summed E-state index contributed by atoms with van der Waals surface area (Å²) in [6.07, 6.45) is -0.646. The van der Waals surface area contributed by atoms with Crippen molar-refractivity contribution < 1.29 is 17.5 Å². The quantitative estimate of drug-likeness (QED) is 0.711. The van der Waals surface area contributed by atoms with E-state index in [0.717, 1.165) is 10.6 Å². The van der Waals surface area contributed by atoms with Gasteiger partial charge in [-0.15, -0.1) is 4.28 Å². The van der Waals surface area contributed by atoms with Gasteiger partial charge in [0.25, 0.3) is 5.91 Å². The van der Waals surface area contributed by atoms with Crippen molar-refractivity contribution in [3.05, 3.63) is 29.8 Å². The summed E-state index contributed by atoms with van der Waals surface area (Å²) in [5, 5.41) is 3.44. The topological polar surface area (TPSA) is 102 Å². The lowest BCUT2D eigenvalue weighted by Crippen LogP contribution is -2.73. The molecular formula is C11H15N3O4S. The van der Waals surface area contributed by atoms with Gasteiger partial charge in [-0.05, 0) is 26.1 Å². The first-order valence-electron chi connectivity index (χ1n) is 5.64. The molecule has 0 bridgehead atoms. The second-order valence-electron chi connectivity index (χ2n) is 4.27. The molecule has 0 spiro atoms. The Morgan fingerprint density at radius 2 is 1.89 bits per heavy atom. The van der Waals surface area contributed by atoms with E-state index in [0.29, 0.717) is 0 Å². The number of β-lactam (4-membered cyclic amide) rings is 1. The Labute approximate surface area is 111 Å². The van der Waals surface area contributed by atoms with E-state index < -0.39 is 28.2 Å². The summed E-state index contributed by atoms with van der Waals surface area (Å²) in [6, 6.07) is 5.34. The van der Waals surface area contributed by atoms with E-state index in [9.17, 15) is 13.2 Å². The molecule has 0 saturated carbocycles. The predicted octanol–water partition coefficient (Wildman–Crippen LogP) is -0.670. The van der Waals surface area contributed by atoms with E-state index >= 15 is 0 Å². The van der Waals surface area contributed by atoms with E-state index in [1.54, 1.807) is 19.2 Å². The summed E-state index contributed by atoms with van der Waals surface area (Å²) in [5.74, 6) is -0.574. The van der Waals surface area contributed by atoms with E-state index in [1.165, 1.54) is 12.1 Å². The van der Waals surface area contributed by atoms with Gasteiger partial charge >= 0.3 is 10.1 Å². The van der Waals surface area contributed by atoms with Gasteiger partial charge < -0.3 is 5.73 Å². The molecule has 0 aliphatic carbocycles. The van der Waals surface area contributed by atoms with Crippen molar-refractivity contribution in [3.63, 3.8) is 0 Å². The number of likely N-dealkylation sites (N-methyl/N-ethyl adjacent to an activating group) is 1. The van der Waals surface area contributed by atoms with Crippen LogP contribution in [0.25, 0.3) is 0 Å². The molecule has 0 unspecified atom stereocenters. The number of benzene rings is 1. The SMILES string of the molecule is CN[C@H]1[C@@H](N)C(=O)N1OS(=O)(=O)c1ccc(C)cc1. The lowest BCUT2D eigenvalue weighted by molar-refractivity contribution is -0.196. The van der Waals surface area contributed by atoms with Crippen molar-refractivity contribution in [1.29, 1.82) is 0 Å². The molecule has 2 rings (SSSR count). The molecule has 3 N–H and O–H groups in total. The van der Waals surface area contributed by atoms with Gasteiger partial charge in [-0.3, -0.25) is 10.1 Å². The minimum absolute atomic E-state index is 0.0128. The van der Waals surface area contributed by atoms with Crippen molar-refractivity contribution in [2.45, 2.75) is 24.0 Å². The number of carbonyl (C=O) groups excluding carboxylic acids is 1.